The minimum absolute atomic E-state index is 0.113. The number of fused-ring (bicyclic) bond motifs is 3. The summed E-state index contributed by atoms with van der Waals surface area (Å²) in [7, 11) is 0. The molecule has 0 saturated carbocycles. The molecule has 4 heteroatoms. The van der Waals surface area contributed by atoms with Gasteiger partial charge in [0.2, 0.25) is 0 Å². The summed E-state index contributed by atoms with van der Waals surface area (Å²) in [6, 6.07) is 10.4. The van der Waals surface area contributed by atoms with E-state index in [1.54, 1.807) is 36.5 Å². The predicted molar refractivity (Wildman–Crippen MR) is 84.8 cm³/mol. The number of aryl methyl sites for hydroxylation is 1. The van der Waals surface area contributed by atoms with Crippen LogP contribution in [0.25, 0.3) is 10.8 Å². The smallest absolute Gasteiger partial charge is 0.194 e. The summed E-state index contributed by atoms with van der Waals surface area (Å²) >= 11 is 6.15. The van der Waals surface area contributed by atoms with E-state index in [9.17, 15) is 9.59 Å². The number of benzene rings is 2. The Bertz CT molecular complexity index is 992. The molecule has 0 fully saturated rings. The molecule has 0 radical (unpaired) electrons. The van der Waals surface area contributed by atoms with Crippen LogP contribution >= 0.6 is 11.6 Å². The van der Waals surface area contributed by atoms with Crippen molar-refractivity contribution < 1.29 is 9.59 Å². The highest BCUT2D eigenvalue weighted by atomic mass is 35.5. The molecule has 0 bridgehead atoms. The van der Waals surface area contributed by atoms with Gasteiger partial charge in [0.15, 0.2) is 11.6 Å². The number of hydrogen-bond acceptors (Lipinski definition) is 3. The monoisotopic (exact) mass is 307 g/mol. The minimum Gasteiger partial charge on any atom is -0.289 e. The van der Waals surface area contributed by atoms with Gasteiger partial charge >= 0.3 is 0 Å². The second-order valence-electron chi connectivity index (χ2n) is 5.32. The highest BCUT2D eigenvalue weighted by Gasteiger charge is 2.31. The second-order valence-corrected chi connectivity index (χ2v) is 5.68. The van der Waals surface area contributed by atoms with Crippen molar-refractivity contribution in [2.45, 2.75) is 6.92 Å². The highest BCUT2D eigenvalue weighted by Crippen LogP contribution is 2.35. The largest absolute Gasteiger partial charge is 0.289 e. The summed E-state index contributed by atoms with van der Waals surface area (Å²) in [5, 5.41) is 1.88. The molecule has 0 unspecified atom stereocenters. The maximum atomic E-state index is 12.8. The van der Waals surface area contributed by atoms with E-state index in [1.165, 1.54) is 0 Å². The van der Waals surface area contributed by atoms with Crippen molar-refractivity contribution in [1.82, 2.24) is 4.98 Å². The van der Waals surface area contributed by atoms with E-state index >= 15 is 0 Å². The molecule has 22 heavy (non-hydrogen) atoms. The first kappa shape index (κ1) is 13.2. The van der Waals surface area contributed by atoms with Crippen molar-refractivity contribution in [2.75, 3.05) is 0 Å². The Labute approximate surface area is 131 Å². The van der Waals surface area contributed by atoms with Gasteiger partial charge in [-0.1, -0.05) is 35.9 Å². The van der Waals surface area contributed by atoms with Gasteiger partial charge in [-0.15, -0.1) is 0 Å². The number of nitrogens with zero attached hydrogens (tertiary/aromatic N) is 1. The molecule has 0 aliphatic heterocycles. The topological polar surface area (TPSA) is 47.0 Å². The summed E-state index contributed by atoms with van der Waals surface area (Å²) < 4.78 is 0. The van der Waals surface area contributed by atoms with Crippen LogP contribution in [0.3, 0.4) is 0 Å². The Balaban J connectivity index is 2.15. The third kappa shape index (κ3) is 1.60. The molecule has 1 heterocycles. The normalized spacial score (nSPS) is 13.2. The number of carbonyl (C=O) groups is 2. The molecule has 3 nitrogen and oxygen atoms in total. The number of ketones is 2. The zero-order valence-electron chi connectivity index (χ0n) is 11.7. The first-order valence-corrected chi connectivity index (χ1v) is 7.23. The SMILES string of the molecule is Cc1c2c(cc3c(Cl)nccc13)C(=O)c1ccccc1C2=O. The van der Waals surface area contributed by atoms with Crippen LogP contribution in [-0.2, 0) is 0 Å². The molecule has 0 N–H and O–H groups in total. The summed E-state index contributed by atoms with van der Waals surface area (Å²) in [4.78, 5) is 29.6. The van der Waals surface area contributed by atoms with Gasteiger partial charge in [0.1, 0.15) is 5.15 Å². The maximum absolute atomic E-state index is 12.8. The van der Waals surface area contributed by atoms with Crippen LogP contribution in [0.5, 0.6) is 0 Å². The van der Waals surface area contributed by atoms with Crippen molar-refractivity contribution in [3.63, 3.8) is 0 Å². The van der Waals surface area contributed by atoms with Crippen molar-refractivity contribution in [3.8, 4) is 0 Å². The van der Waals surface area contributed by atoms with Crippen LogP contribution in [0.15, 0.2) is 42.6 Å². The average molecular weight is 308 g/mol. The fraction of sp³-hybridized carbons (Fsp3) is 0.0556. The van der Waals surface area contributed by atoms with Crippen LogP contribution < -0.4 is 0 Å². The van der Waals surface area contributed by atoms with Gasteiger partial charge in [-0.2, -0.15) is 0 Å². The number of aromatic nitrogens is 1. The van der Waals surface area contributed by atoms with Crippen LogP contribution in [0.4, 0.5) is 0 Å². The summed E-state index contributed by atoms with van der Waals surface area (Å²) in [6.07, 6.45) is 1.60. The quantitative estimate of drug-likeness (QED) is 0.462. The lowest BCUT2D eigenvalue weighted by Crippen LogP contribution is -2.22. The Hall–Kier alpha value is -2.52. The van der Waals surface area contributed by atoms with Gasteiger partial charge in [-0.25, -0.2) is 4.98 Å². The summed E-state index contributed by atoms with van der Waals surface area (Å²) in [6.45, 7) is 1.84. The van der Waals surface area contributed by atoms with E-state index in [2.05, 4.69) is 4.98 Å². The van der Waals surface area contributed by atoms with Crippen LogP contribution in [-0.4, -0.2) is 16.6 Å². The maximum Gasteiger partial charge on any atom is 0.194 e. The van der Waals surface area contributed by atoms with Gasteiger partial charge < -0.3 is 0 Å². The van der Waals surface area contributed by atoms with Gasteiger partial charge in [0, 0.05) is 33.8 Å². The number of rotatable bonds is 0. The minimum atomic E-state index is -0.143. The second kappa shape index (κ2) is 4.49. The van der Waals surface area contributed by atoms with Crippen LogP contribution in [0.2, 0.25) is 5.15 Å². The lowest BCUT2D eigenvalue weighted by molar-refractivity contribution is 0.0979. The molecular weight excluding hydrogens is 298 g/mol. The number of carbonyl (C=O) groups excluding carboxylic acids is 2. The first-order chi connectivity index (χ1) is 10.6. The van der Waals surface area contributed by atoms with E-state index in [-0.39, 0.29) is 11.6 Å². The Morgan fingerprint density at radius 2 is 1.59 bits per heavy atom. The molecule has 1 aliphatic rings. The van der Waals surface area contributed by atoms with Crippen LogP contribution in [0.1, 0.15) is 37.4 Å². The summed E-state index contributed by atoms with van der Waals surface area (Å²) in [5.41, 5.74) is 2.55. The molecular formula is C18H10ClNO2. The van der Waals surface area contributed by atoms with Crippen molar-refractivity contribution >= 4 is 33.9 Å². The number of pyridine rings is 1. The standard InChI is InChI=1S/C18H10ClNO2/c1-9-10-6-7-20-18(19)13(10)8-14-15(9)17(22)12-5-3-2-4-11(12)16(14)21/h2-8H,1H3. The van der Waals surface area contributed by atoms with Gasteiger partial charge in [-0.05, 0) is 30.0 Å². The van der Waals surface area contributed by atoms with E-state index in [0.29, 0.717) is 32.8 Å². The third-order valence-corrected chi connectivity index (χ3v) is 4.47. The molecule has 4 rings (SSSR count). The molecule has 3 aromatic rings. The molecule has 2 aromatic carbocycles. The lowest BCUT2D eigenvalue weighted by atomic mass is 9.80. The fourth-order valence-electron chi connectivity index (χ4n) is 3.10. The van der Waals surface area contributed by atoms with E-state index < -0.39 is 0 Å². The van der Waals surface area contributed by atoms with Crippen molar-refractivity contribution in [1.29, 1.82) is 0 Å². The molecule has 1 aliphatic carbocycles. The van der Waals surface area contributed by atoms with E-state index in [0.717, 1.165) is 10.9 Å². The Morgan fingerprint density at radius 1 is 0.909 bits per heavy atom. The number of hydrogen-bond donors (Lipinski definition) is 0. The first-order valence-electron chi connectivity index (χ1n) is 6.86. The van der Waals surface area contributed by atoms with Crippen molar-refractivity contribution in [2.24, 2.45) is 0 Å². The van der Waals surface area contributed by atoms with E-state index in [4.69, 9.17) is 11.6 Å². The highest BCUT2D eigenvalue weighted by molar-refractivity contribution is 6.36. The van der Waals surface area contributed by atoms with Crippen LogP contribution in [0, 0.1) is 6.92 Å². The molecule has 0 spiro atoms. The molecule has 1 aromatic heterocycles. The fourth-order valence-corrected chi connectivity index (χ4v) is 3.31. The molecule has 0 saturated heterocycles. The average Bonchev–Trinajstić information content (AvgIpc) is 2.53. The molecule has 0 amide bonds. The van der Waals surface area contributed by atoms with Gasteiger partial charge in [0.05, 0.1) is 0 Å². The van der Waals surface area contributed by atoms with E-state index in [1.807, 2.05) is 13.0 Å². The third-order valence-electron chi connectivity index (χ3n) is 4.17. The predicted octanol–water partition coefficient (Wildman–Crippen LogP) is 3.97. The lowest BCUT2D eigenvalue weighted by Gasteiger charge is -2.20. The zero-order chi connectivity index (χ0) is 15.4. The summed E-state index contributed by atoms with van der Waals surface area (Å²) in [5.74, 6) is -0.257. The Morgan fingerprint density at radius 3 is 2.32 bits per heavy atom. The Kier molecular flexibility index (Phi) is 2.68. The zero-order valence-corrected chi connectivity index (χ0v) is 12.4. The molecule has 0 atom stereocenters. The van der Waals surface area contributed by atoms with Crippen molar-refractivity contribution in [3.05, 3.63) is 75.6 Å². The number of halogens is 1. The van der Waals surface area contributed by atoms with Gasteiger partial charge in [0.25, 0.3) is 0 Å². The van der Waals surface area contributed by atoms with Gasteiger partial charge in [-0.3, -0.25) is 9.59 Å². The molecule has 106 valence electrons.